The molecule has 0 amide bonds. The van der Waals surface area contributed by atoms with E-state index in [1.54, 1.807) is 12.5 Å². The summed E-state index contributed by atoms with van der Waals surface area (Å²) < 4.78 is 1.97. The van der Waals surface area contributed by atoms with E-state index in [2.05, 4.69) is 4.98 Å². The molecule has 0 fully saturated rings. The molecule has 2 nitrogen and oxygen atoms in total. The minimum Gasteiger partial charge on any atom is -0.237 e. The molecule has 1 heterocycles. The minimum atomic E-state index is 1.22. The maximum absolute atomic E-state index is 3.91. The van der Waals surface area contributed by atoms with Gasteiger partial charge in [0, 0.05) is 6.07 Å². The van der Waals surface area contributed by atoms with Crippen LogP contribution >= 0.6 is 0 Å². The maximum atomic E-state index is 3.91. The highest BCUT2D eigenvalue weighted by Gasteiger charge is 1.91. The second kappa shape index (κ2) is 1.90. The SMILES string of the molecule is Cc1ccnc[n+]1C. The summed E-state index contributed by atoms with van der Waals surface area (Å²) in [4.78, 5) is 3.91. The molecule has 0 saturated heterocycles. The standard InChI is InChI=1S/C6H9N2/c1-6-3-4-7-5-8(6)2/h3-5H,1-2H3/q+1. The summed E-state index contributed by atoms with van der Waals surface area (Å²) in [7, 11) is 1.97. The highest BCUT2D eigenvalue weighted by Crippen LogP contribution is 1.79. The molecule has 1 rings (SSSR count). The third-order valence-corrected chi connectivity index (χ3v) is 1.20. The lowest BCUT2D eigenvalue weighted by atomic mass is 10.4. The Bertz CT molecular complexity index is 163. The number of rotatable bonds is 0. The van der Waals surface area contributed by atoms with Gasteiger partial charge in [0.15, 0.2) is 0 Å². The van der Waals surface area contributed by atoms with E-state index >= 15 is 0 Å². The highest BCUT2D eigenvalue weighted by atomic mass is 15.0. The Balaban J connectivity index is 3.13. The second-order valence-electron chi connectivity index (χ2n) is 1.83. The van der Waals surface area contributed by atoms with Crippen LogP contribution in [0.3, 0.4) is 0 Å². The van der Waals surface area contributed by atoms with Crippen LogP contribution in [0.25, 0.3) is 0 Å². The number of nitrogens with zero attached hydrogens (tertiary/aromatic N) is 2. The molecule has 8 heavy (non-hydrogen) atoms. The molecule has 0 radical (unpaired) electrons. The molecule has 42 valence electrons. The van der Waals surface area contributed by atoms with E-state index in [1.807, 2.05) is 24.6 Å². The van der Waals surface area contributed by atoms with Crippen LogP contribution in [0, 0.1) is 6.92 Å². The van der Waals surface area contributed by atoms with Gasteiger partial charge in [-0.2, -0.15) is 0 Å². The second-order valence-corrected chi connectivity index (χ2v) is 1.83. The molecule has 1 aromatic heterocycles. The zero-order chi connectivity index (χ0) is 5.98. The van der Waals surface area contributed by atoms with Gasteiger partial charge in [-0.05, 0) is 6.92 Å². The van der Waals surface area contributed by atoms with Crippen molar-refractivity contribution in [3.05, 3.63) is 24.3 Å². The molecule has 2 heteroatoms. The third kappa shape index (κ3) is 0.832. The van der Waals surface area contributed by atoms with Crippen molar-refractivity contribution in [3.8, 4) is 0 Å². The largest absolute Gasteiger partial charge is 0.286 e. The van der Waals surface area contributed by atoms with Crippen LogP contribution in [0.1, 0.15) is 5.69 Å². The fourth-order valence-corrected chi connectivity index (χ4v) is 0.498. The van der Waals surface area contributed by atoms with Crippen LogP contribution in [0.2, 0.25) is 0 Å². The fraction of sp³-hybridized carbons (Fsp3) is 0.333. The average molecular weight is 109 g/mol. The molecule has 0 saturated carbocycles. The molecule has 0 aliphatic rings. The Hall–Kier alpha value is -0.920. The first kappa shape index (κ1) is 5.22. The molecule has 0 aliphatic carbocycles. The maximum Gasteiger partial charge on any atom is 0.286 e. The van der Waals surface area contributed by atoms with Gasteiger partial charge in [0.05, 0.1) is 7.05 Å². The molecule has 0 atom stereocenters. The van der Waals surface area contributed by atoms with Crippen LogP contribution in [-0.4, -0.2) is 4.98 Å². The van der Waals surface area contributed by atoms with Gasteiger partial charge in [0.1, 0.15) is 11.9 Å². The summed E-state index contributed by atoms with van der Waals surface area (Å²) in [5, 5.41) is 0. The normalized spacial score (nSPS) is 9.25. The van der Waals surface area contributed by atoms with Crippen LogP contribution in [0.4, 0.5) is 0 Å². The third-order valence-electron chi connectivity index (χ3n) is 1.20. The van der Waals surface area contributed by atoms with E-state index in [9.17, 15) is 0 Å². The van der Waals surface area contributed by atoms with Gasteiger partial charge in [-0.3, -0.25) is 0 Å². The first-order valence-electron chi connectivity index (χ1n) is 2.57. The molecule has 1 aromatic rings. The Kier molecular flexibility index (Phi) is 1.24. The van der Waals surface area contributed by atoms with Gasteiger partial charge < -0.3 is 0 Å². The van der Waals surface area contributed by atoms with Gasteiger partial charge in [-0.25, -0.2) is 4.57 Å². The van der Waals surface area contributed by atoms with Crippen molar-refractivity contribution in [3.63, 3.8) is 0 Å². The van der Waals surface area contributed by atoms with E-state index in [1.165, 1.54) is 5.69 Å². The highest BCUT2D eigenvalue weighted by molar-refractivity contribution is 4.85. The number of aromatic nitrogens is 2. The topological polar surface area (TPSA) is 16.8 Å². The number of hydrogen-bond donors (Lipinski definition) is 0. The molecule has 0 spiro atoms. The lowest BCUT2D eigenvalue weighted by Crippen LogP contribution is -2.31. The Morgan fingerprint density at radius 3 is 2.75 bits per heavy atom. The van der Waals surface area contributed by atoms with Crippen molar-refractivity contribution < 1.29 is 4.57 Å². The smallest absolute Gasteiger partial charge is 0.237 e. The minimum absolute atomic E-state index is 1.22. The Labute approximate surface area is 48.8 Å². The molecule has 0 N–H and O–H groups in total. The summed E-state index contributed by atoms with van der Waals surface area (Å²) in [6, 6.07) is 1.97. The average Bonchev–Trinajstić information content (AvgIpc) is 1.77. The van der Waals surface area contributed by atoms with Gasteiger partial charge in [-0.15, -0.1) is 0 Å². The summed E-state index contributed by atoms with van der Waals surface area (Å²) in [6.07, 6.45) is 3.57. The van der Waals surface area contributed by atoms with Crippen molar-refractivity contribution in [2.75, 3.05) is 0 Å². The molecule has 0 aromatic carbocycles. The van der Waals surface area contributed by atoms with E-state index in [4.69, 9.17) is 0 Å². The Morgan fingerprint density at radius 2 is 2.38 bits per heavy atom. The Morgan fingerprint density at radius 1 is 1.62 bits per heavy atom. The summed E-state index contributed by atoms with van der Waals surface area (Å²) >= 11 is 0. The molecular weight excluding hydrogens is 100 g/mol. The van der Waals surface area contributed by atoms with E-state index in [0.29, 0.717) is 0 Å². The number of aryl methyl sites for hydroxylation is 2. The fourth-order valence-electron chi connectivity index (χ4n) is 0.498. The van der Waals surface area contributed by atoms with Crippen molar-refractivity contribution in [2.45, 2.75) is 6.92 Å². The molecule has 0 unspecified atom stereocenters. The van der Waals surface area contributed by atoms with Crippen molar-refractivity contribution in [1.29, 1.82) is 0 Å². The van der Waals surface area contributed by atoms with Crippen LogP contribution in [0.5, 0.6) is 0 Å². The predicted octanol–water partition coefficient (Wildman–Crippen LogP) is 0.215. The summed E-state index contributed by atoms with van der Waals surface area (Å²) in [5.74, 6) is 0. The quantitative estimate of drug-likeness (QED) is 0.435. The number of hydrogen-bond acceptors (Lipinski definition) is 1. The zero-order valence-corrected chi connectivity index (χ0v) is 5.13. The monoisotopic (exact) mass is 109 g/mol. The van der Waals surface area contributed by atoms with Crippen LogP contribution < -0.4 is 4.57 Å². The van der Waals surface area contributed by atoms with Gasteiger partial charge in [-0.1, -0.05) is 4.98 Å². The van der Waals surface area contributed by atoms with Crippen LogP contribution in [-0.2, 0) is 7.05 Å². The first-order valence-corrected chi connectivity index (χ1v) is 2.57. The predicted molar refractivity (Wildman–Crippen MR) is 30.1 cm³/mol. The molecule has 0 aliphatic heterocycles. The van der Waals surface area contributed by atoms with Crippen molar-refractivity contribution in [1.82, 2.24) is 4.98 Å². The van der Waals surface area contributed by atoms with E-state index < -0.39 is 0 Å². The molecule has 0 bridgehead atoms. The van der Waals surface area contributed by atoms with Gasteiger partial charge >= 0.3 is 0 Å². The molecular formula is C6H9N2+. The lowest BCUT2D eigenvalue weighted by molar-refractivity contribution is -0.680. The zero-order valence-electron chi connectivity index (χ0n) is 5.13. The van der Waals surface area contributed by atoms with E-state index in [0.717, 1.165) is 0 Å². The van der Waals surface area contributed by atoms with E-state index in [-0.39, 0.29) is 0 Å². The first-order chi connectivity index (χ1) is 3.80. The van der Waals surface area contributed by atoms with Crippen LogP contribution in [0.15, 0.2) is 18.6 Å². The summed E-state index contributed by atoms with van der Waals surface area (Å²) in [5.41, 5.74) is 1.22. The van der Waals surface area contributed by atoms with Gasteiger partial charge in [0.2, 0.25) is 0 Å². The van der Waals surface area contributed by atoms with Crippen molar-refractivity contribution in [2.24, 2.45) is 7.05 Å². The van der Waals surface area contributed by atoms with Gasteiger partial charge in [0.25, 0.3) is 6.33 Å². The van der Waals surface area contributed by atoms with Crippen molar-refractivity contribution >= 4 is 0 Å². The lowest BCUT2D eigenvalue weighted by Gasteiger charge is -1.88. The summed E-state index contributed by atoms with van der Waals surface area (Å²) in [6.45, 7) is 2.04.